The first-order valence-electron chi connectivity index (χ1n) is 10.3. The minimum atomic E-state index is -0.285. The van der Waals surface area contributed by atoms with Gasteiger partial charge in [0, 0.05) is 50.7 Å². The Balaban J connectivity index is 1.28. The van der Waals surface area contributed by atoms with Gasteiger partial charge in [-0.3, -0.25) is 4.90 Å². The van der Waals surface area contributed by atoms with E-state index in [1.807, 2.05) is 19.5 Å². The summed E-state index contributed by atoms with van der Waals surface area (Å²) >= 11 is 0. The van der Waals surface area contributed by atoms with Gasteiger partial charge in [-0.1, -0.05) is 12.1 Å². The Bertz CT molecular complexity index is 753. The molecular formula is C22H29FN4O. The van der Waals surface area contributed by atoms with Gasteiger partial charge >= 0.3 is 0 Å². The van der Waals surface area contributed by atoms with Crippen LogP contribution in [0.4, 0.5) is 4.39 Å². The lowest BCUT2D eigenvalue weighted by molar-refractivity contribution is 0.0137. The number of benzene rings is 1. The third-order valence-corrected chi connectivity index (χ3v) is 6.11. The van der Waals surface area contributed by atoms with E-state index < -0.39 is 0 Å². The molecule has 0 aliphatic carbocycles. The minimum Gasteiger partial charge on any atom is -0.381 e. The van der Waals surface area contributed by atoms with Crippen LogP contribution >= 0.6 is 0 Å². The van der Waals surface area contributed by atoms with Crippen LogP contribution in [-0.4, -0.2) is 65.2 Å². The molecule has 28 heavy (non-hydrogen) atoms. The monoisotopic (exact) mass is 384 g/mol. The zero-order chi connectivity index (χ0) is 19.3. The van der Waals surface area contributed by atoms with Crippen LogP contribution < -0.4 is 0 Å². The lowest BCUT2D eigenvalue weighted by Gasteiger charge is -2.41. The molecule has 150 valence electrons. The van der Waals surface area contributed by atoms with Gasteiger partial charge < -0.3 is 9.64 Å². The summed E-state index contributed by atoms with van der Waals surface area (Å²) in [5.41, 5.74) is 1.53. The van der Waals surface area contributed by atoms with Gasteiger partial charge in [-0.15, -0.1) is 0 Å². The summed E-state index contributed by atoms with van der Waals surface area (Å²) in [6.45, 7) is 5.38. The summed E-state index contributed by atoms with van der Waals surface area (Å²) in [4.78, 5) is 13.9. The van der Waals surface area contributed by atoms with Crippen molar-refractivity contribution >= 4 is 0 Å². The predicted molar refractivity (Wildman–Crippen MR) is 107 cm³/mol. The number of aromatic nitrogens is 2. The number of likely N-dealkylation sites (tertiary alicyclic amines) is 2. The smallest absolute Gasteiger partial charge is 0.162 e. The van der Waals surface area contributed by atoms with Crippen molar-refractivity contribution < 1.29 is 9.13 Å². The van der Waals surface area contributed by atoms with Crippen molar-refractivity contribution in [3.05, 3.63) is 48.0 Å². The average Bonchev–Trinajstić information content (AvgIpc) is 2.75. The number of nitrogens with zero attached hydrogens (tertiary/aromatic N) is 4. The van der Waals surface area contributed by atoms with Crippen molar-refractivity contribution in [2.24, 2.45) is 0 Å². The van der Waals surface area contributed by atoms with Crippen LogP contribution in [0.2, 0.25) is 0 Å². The number of ether oxygens (including phenoxy) is 1. The van der Waals surface area contributed by atoms with E-state index in [0.29, 0.717) is 23.5 Å². The predicted octanol–water partition coefficient (Wildman–Crippen LogP) is 3.36. The third-order valence-electron chi connectivity index (χ3n) is 6.11. The lowest BCUT2D eigenvalue weighted by Crippen LogP contribution is -2.48. The second kappa shape index (κ2) is 9.07. The average molecular weight is 384 g/mol. The standard InChI is InChI=1S/C22H29FN4O/c1-28-19-8-12-27(13-9-19)18-6-10-26(11-7-18)16-17-14-24-22(25-15-17)20-4-2-3-5-21(20)23/h2-5,14-15,18-19H,6-13,16H2,1H3. The van der Waals surface area contributed by atoms with Crippen molar-refractivity contribution in [2.75, 3.05) is 33.3 Å². The van der Waals surface area contributed by atoms with Crippen LogP contribution in [0.25, 0.3) is 11.4 Å². The maximum Gasteiger partial charge on any atom is 0.162 e. The highest BCUT2D eigenvalue weighted by atomic mass is 19.1. The van der Waals surface area contributed by atoms with E-state index in [1.165, 1.54) is 18.9 Å². The quantitative estimate of drug-likeness (QED) is 0.791. The number of rotatable bonds is 5. The van der Waals surface area contributed by atoms with E-state index in [-0.39, 0.29) is 5.82 Å². The molecule has 6 heteroatoms. The molecule has 2 aliphatic heterocycles. The molecule has 3 heterocycles. The van der Waals surface area contributed by atoms with Crippen LogP contribution in [-0.2, 0) is 11.3 Å². The Morgan fingerprint density at radius 2 is 1.68 bits per heavy atom. The second-order valence-electron chi connectivity index (χ2n) is 7.87. The van der Waals surface area contributed by atoms with Crippen LogP contribution in [0.1, 0.15) is 31.2 Å². The molecule has 2 fully saturated rings. The second-order valence-corrected chi connectivity index (χ2v) is 7.87. The molecule has 0 spiro atoms. The molecule has 2 aliphatic rings. The van der Waals surface area contributed by atoms with Crippen molar-refractivity contribution in [3.63, 3.8) is 0 Å². The van der Waals surface area contributed by atoms with Gasteiger partial charge in [0.05, 0.1) is 11.7 Å². The minimum absolute atomic E-state index is 0.285. The van der Waals surface area contributed by atoms with Crippen LogP contribution in [0, 0.1) is 5.82 Å². The van der Waals surface area contributed by atoms with Crippen LogP contribution in [0.15, 0.2) is 36.7 Å². The molecule has 0 atom stereocenters. The molecule has 2 aromatic rings. The first-order chi connectivity index (χ1) is 13.7. The van der Waals surface area contributed by atoms with E-state index in [1.54, 1.807) is 18.2 Å². The first kappa shape index (κ1) is 19.4. The molecule has 0 radical (unpaired) electrons. The normalized spacial score (nSPS) is 20.5. The molecule has 1 aromatic heterocycles. The zero-order valence-corrected chi connectivity index (χ0v) is 16.6. The highest BCUT2D eigenvalue weighted by molar-refractivity contribution is 5.55. The molecule has 2 saturated heterocycles. The van der Waals surface area contributed by atoms with Gasteiger partial charge in [-0.2, -0.15) is 0 Å². The largest absolute Gasteiger partial charge is 0.381 e. The number of methoxy groups -OCH3 is 1. The molecule has 4 rings (SSSR count). The van der Waals surface area contributed by atoms with Crippen molar-refractivity contribution in [1.29, 1.82) is 0 Å². The maximum absolute atomic E-state index is 13.9. The number of hydrogen-bond donors (Lipinski definition) is 0. The third kappa shape index (κ3) is 4.57. The van der Waals surface area contributed by atoms with Gasteiger partial charge in [-0.05, 0) is 50.9 Å². The van der Waals surface area contributed by atoms with Gasteiger partial charge in [0.25, 0.3) is 0 Å². The van der Waals surface area contributed by atoms with Crippen molar-refractivity contribution in [3.8, 4) is 11.4 Å². The number of hydrogen-bond acceptors (Lipinski definition) is 5. The molecule has 1 aromatic carbocycles. The highest BCUT2D eigenvalue weighted by Crippen LogP contribution is 2.23. The summed E-state index contributed by atoms with van der Waals surface area (Å²) in [6, 6.07) is 7.33. The Labute approximate surface area is 166 Å². The fourth-order valence-corrected chi connectivity index (χ4v) is 4.40. The fraction of sp³-hybridized carbons (Fsp3) is 0.545. The van der Waals surface area contributed by atoms with E-state index in [2.05, 4.69) is 19.8 Å². The Kier molecular flexibility index (Phi) is 6.29. The molecule has 0 amide bonds. The van der Waals surface area contributed by atoms with Gasteiger partial charge in [0.15, 0.2) is 5.82 Å². The van der Waals surface area contributed by atoms with E-state index in [0.717, 1.165) is 51.1 Å². The summed E-state index contributed by atoms with van der Waals surface area (Å²) in [5.74, 6) is 0.159. The van der Waals surface area contributed by atoms with Gasteiger partial charge in [-0.25, -0.2) is 14.4 Å². The fourth-order valence-electron chi connectivity index (χ4n) is 4.40. The summed E-state index contributed by atoms with van der Waals surface area (Å²) in [6.07, 6.45) is 8.85. The highest BCUT2D eigenvalue weighted by Gasteiger charge is 2.28. The van der Waals surface area contributed by atoms with E-state index >= 15 is 0 Å². The lowest BCUT2D eigenvalue weighted by atomic mass is 9.98. The van der Waals surface area contributed by atoms with Crippen molar-refractivity contribution in [2.45, 2.75) is 44.4 Å². The molecule has 5 nitrogen and oxygen atoms in total. The molecule has 0 unspecified atom stereocenters. The maximum atomic E-state index is 13.9. The summed E-state index contributed by atoms with van der Waals surface area (Å²) < 4.78 is 19.4. The van der Waals surface area contributed by atoms with E-state index in [4.69, 9.17) is 4.74 Å². The SMILES string of the molecule is COC1CCN(C2CCN(Cc3cnc(-c4ccccc4F)nc3)CC2)CC1. The molecule has 0 bridgehead atoms. The van der Waals surface area contributed by atoms with Gasteiger partial charge in [0.1, 0.15) is 5.82 Å². The Morgan fingerprint density at radius 1 is 1.00 bits per heavy atom. The summed E-state index contributed by atoms with van der Waals surface area (Å²) in [5, 5.41) is 0. The first-order valence-corrected chi connectivity index (χ1v) is 10.3. The molecule has 0 saturated carbocycles. The Hall–Kier alpha value is -1.89. The van der Waals surface area contributed by atoms with Crippen LogP contribution in [0.5, 0.6) is 0 Å². The van der Waals surface area contributed by atoms with Crippen LogP contribution in [0.3, 0.4) is 0 Å². The molecular weight excluding hydrogens is 355 g/mol. The van der Waals surface area contributed by atoms with E-state index in [9.17, 15) is 4.39 Å². The summed E-state index contributed by atoms with van der Waals surface area (Å²) in [7, 11) is 1.82. The Morgan fingerprint density at radius 3 is 2.32 bits per heavy atom. The number of halogens is 1. The number of piperidine rings is 2. The molecule has 0 N–H and O–H groups in total. The zero-order valence-electron chi connectivity index (χ0n) is 16.6. The van der Waals surface area contributed by atoms with Gasteiger partial charge in [0.2, 0.25) is 0 Å². The van der Waals surface area contributed by atoms with Crippen molar-refractivity contribution in [1.82, 2.24) is 19.8 Å². The topological polar surface area (TPSA) is 41.5 Å².